The van der Waals surface area contributed by atoms with E-state index in [0.717, 1.165) is 22.8 Å². The molecule has 17 heavy (non-hydrogen) atoms. The zero-order chi connectivity index (χ0) is 12.9. The molecule has 0 amide bonds. The van der Waals surface area contributed by atoms with E-state index in [1.807, 2.05) is 45.0 Å². The predicted octanol–water partition coefficient (Wildman–Crippen LogP) is 3.80. The van der Waals surface area contributed by atoms with Crippen molar-refractivity contribution in [3.63, 3.8) is 0 Å². The number of ketones is 1. The first-order valence-corrected chi connectivity index (χ1v) is 6.75. The summed E-state index contributed by atoms with van der Waals surface area (Å²) in [6.45, 7) is 8.46. The van der Waals surface area contributed by atoms with Gasteiger partial charge in [-0.2, -0.15) is 0 Å². The molecular weight excluding hydrogens is 232 g/mol. The third-order valence-corrected chi connectivity index (χ3v) is 3.09. The lowest BCUT2D eigenvalue weighted by Gasteiger charge is -2.19. The summed E-state index contributed by atoms with van der Waals surface area (Å²) in [7, 11) is 0. The lowest BCUT2D eigenvalue weighted by atomic mass is 10.2. The Balaban J connectivity index is 2.42. The second kappa shape index (κ2) is 6.22. The molecule has 0 heterocycles. The van der Waals surface area contributed by atoms with Crippen LogP contribution in [0.25, 0.3) is 0 Å². The minimum atomic E-state index is -0.0816. The molecule has 0 aliphatic heterocycles. The van der Waals surface area contributed by atoms with Crippen molar-refractivity contribution in [2.75, 3.05) is 12.4 Å². The number of ether oxygens (including phenoxy) is 1. The molecule has 94 valence electrons. The van der Waals surface area contributed by atoms with Crippen molar-refractivity contribution in [2.24, 2.45) is 0 Å². The van der Waals surface area contributed by atoms with E-state index in [9.17, 15) is 4.79 Å². The van der Waals surface area contributed by atoms with Gasteiger partial charge >= 0.3 is 0 Å². The highest BCUT2D eigenvalue weighted by Crippen LogP contribution is 2.20. The molecule has 3 heteroatoms. The molecule has 0 aliphatic carbocycles. The molecule has 0 bridgehead atoms. The van der Waals surface area contributed by atoms with Crippen LogP contribution in [0.2, 0.25) is 0 Å². The van der Waals surface area contributed by atoms with Crippen LogP contribution in [0, 0.1) is 0 Å². The monoisotopic (exact) mass is 252 g/mol. The van der Waals surface area contributed by atoms with Gasteiger partial charge in [0.2, 0.25) is 0 Å². The van der Waals surface area contributed by atoms with Gasteiger partial charge in [-0.15, -0.1) is 11.8 Å². The molecule has 0 N–H and O–H groups in total. The van der Waals surface area contributed by atoms with Crippen molar-refractivity contribution in [2.45, 2.75) is 38.2 Å². The van der Waals surface area contributed by atoms with Gasteiger partial charge < -0.3 is 4.74 Å². The topological polar surface area (TPSA) is 26.3 Å². The average molecular weight is 252 g/mol. The minimum absolute atomic E-state index is 0.0816. The number of benzene rings is 1. The van der Waals surface area contributed by atoms with Crippen molar-refractivity contribution < 1.29 is 9.53 Å². The lowest BCUT2D eigenvalue weighted by molar-refractivity contribution is 0.00694. The highest BCUT2D eigenvalue weighted by Gasteiger charge is 2.09. The van der Waals surface area contributed by atoms with E-state index < -0.39 is 0 Å². The Labute approximate surface area is 108 Å². The molecule has 2 nitrogen and oxygen atoms in total. The van der Waals surface area contributed by atoms with E-state index in [4.69, 9.17) is 4.74 Å². The summed E-state index contributed by atoms with van der Waals surface area (Å²) >= 11 is 1.72. The fourth-order valence-corrected chi connectivity index (χ4v) is 2.10. The van der Waals surface area contributed by atoms with E-state index in [2.05, 4.69) is 0 Å². The second-order valence-electron chi connectivity index (χ2n) is 4.89. The van der Waals surface area contributed by atoms with Crippen molar-refractivity contribution in [3.05, 3.63) is 29.8 Å². The summed E-state index contributed by atoms with van der Waals surface area (Å²) in [4.78, 5) is 12.3. The number of hydrogen-bond donors (Lipinski definition) is 0. The first-order valence-electron chi connectivity index (χ1n) is 5.76. The largest absolute Gasteiger partial charge is 0.375 e. The van der Waals surface area contributed by atoms with Crippen molar-refractivity contribution in [1.82, 2.24) is 0 Å². The quantitative estimate of drug-likeness (QED) is 0.453. The number of hydrogen-bond acceptors (Lipinski definition) is 3. The summed E-state index contributed by atoms with van der Waals surface area (Å²) in [6.07, 6.45) is 0. The molecule has 1 aromatic carbocycles. The zero-order valence-electron chi connectivity index (χ0n) is 10.9. The first-order chi connectivity index (χ1) is 7.88. The lowest BCUT2D eigenvalue weighted by Crippen LogP contribution is -2.20. The summed E-state index contributed by atoms with van der Waals surface area (Å²) in [5, 5.41) is 0. The third-order valence-electron chi connectivity index (χ3n) is 2.13. The highest BCUT2D eigenvalue weighted by atomic mass is 32.2. The molecule has 0 unspecified atom stereocenters. The van der Waals surface area contributed by atoms with E-state index in [0.29, 0.717) is 0 Å². The molecule has 0 atom stereocenters. The molecule has 1 rings (SSSR count). The summed E-state index contributed by atoms with van der Waals surface area (Å²) < 4.78 is 5.64. The number of Topliss-reactive ketones (excluding diaryl/α,β-unsaturated/α-hetero) is 1. The fourth-order valence-electron chi connectivity index (χ4n) is 1.31. The molecular formula is C14H20O2S. The van der Waals surface area contributed by atoms with E-state index in [1.54, 1.807) is 18.7 Å². The Bertz CT molecular complexity index is 380. The van der Waals surface area contributed by atoms with Crippen LogP contribution < -0.4 is 0 Å². The highest BCUT2D eigenvalue weighted by molar-refractivity contribution is 7.99. The van der Waals surface area contributed by atoms with Crippen molar-refractivity contribution in [3.8, 4) is 0 Å². The van der Waals surface area contributed by atoms with Gasteiger partial charge in [0.25, 0.3) is 0 Å². The van der Waals surface area contributed by atoms with Crippen molar-refractivity contribution in [1.29, 1.82) is 0 Å². The van der Waals surface area contributed by atoms with Crippen LogP contribution in [0.4, 0.5) is 0 Å². The molecule has 0 fully saturated rings. The molecule has 0 aliphatic rings. The van der Waals surface area contributed by atoms with Gasteiger partial charge in [0, 0.05) is 16.2 Å². The molecule has 0 radical (unpaired) electrons. The Morgan fingerprint density at radius 1 is 1.35 bits per heavy atom. The van der Waals surface area contributed by atoms with E-state index in [-0.39, 0.29) is 11.4 Å². The van der Waals surface area contributed by atoms with Crippen LogP contribution >= 0.6 is 11.8 Å². The van der Waals surface area contributed by atoms with Crippen LogP contribution in [-0.4, -0.2) is 23.7 Å². The SMILES string of the molecule is CC(=O)c1cccc(SCCOC(C)(C)C)c1. The zero-order valence-corrected chi connectivity index (χ0v) is 11.8. The van der Waals surface area contributed by atoms with E-state index in [1.165, 1.54) is 0 Å². The van der Waals surface area contributed by atoms with Gasteiger partial charge in [0.1, 0.15) is 0 Å². The van der Waals surface area contributed by atoms with Gasteiger partial charge in [-0.25, -0.2) is 0 Å². The Hall–Kier alpha value is -0.800. The maximum absolute atomic E-state index is 11.2. The number of rotatable bonds is 5. The molecule has 0 aromatic heterocycles. The smallest absolute Gasteiger partial charge is 0.159 e. The predicted molar refractivity (Wildman–Crippen MR) is 72.9 cm³/mol. The third kappa shape index (κ3) is 5.89. The van der Waals surface area contributed by atoms with Gasteiger partial charge in [0.05, 0.1) is 12.2 Å². The van der Waals surface area contributed by atoms with Gasteiger partial charge in [-0.05, 0) is 39.8 Å². The summed E-state index contributed by atoms with van der Waals surface area (Å²) in [5.74, 6) is 1.01. The second-order valence-corrected chi connectivity index (χ2v) is 6.06. The number of thioether (sulfide) groups is 1. The molecule has 1 aromatic rings. The van der Waals surface area contributed by atoms with Gasteiger partial charge in [-0.1, -0.05) is 12.1 Å². The fraction of sp³-hybridized carbons (Fsp3) is 0.500. The van der Waals surface area contributed by atoms with Crippen molar-refractivity contribution >= 4 is 17.5 Å². The van der Waals surface area contributed by atoms with Crippen LogP contribution in [0.1, 0.15) is 38.1 Å². The van der Waals surface area contributed by atoms with Gasteiger partial charge in [-0.3, -0.25) is 4.79 Å². The summed E-state index contributed by atoms with van der Waals surface area (Å²) in [5.41, 5.74) is 0.689. The Kier molecular flexibility index (Phi) is 5.22. The van der Waals surface area contributed by atoms with E-state index >= 15 is 0 Å². The van der Waals surface area contributed by atoms with Gasteiger partial charge in [0.15, 0.2) is 5.78 Å². The number of carbonyl (C=O) groups is 1. The molecule has 0 saturated carbocycles. The minimum Gasteiger partial charge on any atom is -0.375 e. The Morgan fingerprint density at radius 3 is 2.65 bits per heavy atom. The normalized spacial score (nSPS) is 11.5. The number of carbonyl (C=O) groups excluding carboxylic acids is 1. The van der Waals surface area contributed by atoms with Crippen LogP contribution in [0.5, 0.6) is 0 Å². The van der Waals surface area contributed by atoms with Crippen LogP contribution in [-0.2, 0) is 4.74 Å². The maximum atomic E-state index is 11.2. The maximum Gasteiger partial charge on any atom is 0.159 e. The first kappa shape index (κ1) is 14.3. The van der Waals surface area contributed by atoms with Crippen LogP contribution in [0.3, 0.4) is 0 Å². The van der Waals surface area contributed by atoms with Crippen LogP contribution in [0.15, 0.2) is 29.2 Å². The Morgan fingerprint density at radius 2 is 2.06 bits per heavy atom. The average Bonchev–Trinajstić information content (AvgIpc) is 2.23. The standard InChI is InChI=1S/C14H20O2S/c1-11(15)12-6-5-7-13(10-12)17-9-8-16-14(2,3)4/h5-7,10H,8-9H2,1-4H3. The summed E-state index contributed by atoms with van der Waals surface area (Å²) in [6, 6.07) is 7.72. The molecule has 0 saturated heterocycles. The molecule has 0 spiro atoms.